The number of carbonyl (C=O) groups excluding carboxylic acids is 1. The number of benzene rings is 1. The molecule has 1 aliphatic heterocycles. The van der Waals surface area contributed by atoms with Crippen LogP contribution in [0.1, 0.15) is 28.4 Å². The topological polar surface area (TPSA) is 33.2 Å². The molecule has 0 aliphatic carbocycles. The fourth-order valence-electron chi connectivity index (χ4n) is 2.64. The monoisotopic (exact) mass is 320 g/mol. The van der Waals surface area contributed by atoms with Crippen molar-refractivity contribution in [1.82, 2.24) is 9.88 Å². The molecule has 0 N–H and O–H groups in total. The van der Waals surface area contributed by atoms with Crippen LogP contribution >= 0.6 is 23.2 Å². The van der Waals surface area contributed by atoms with E-state index in [0.717, 1.165) is 12.1 Å². The fourth-order valence-corrected chi connectivity index (χ4v) is 3.01. The highest BCUT2D eigenvalue weighted by atomic mass is 35.5. The average Bonchev–Trinajstić information content (AvgIpc) is 3.00. The summed E-state index contributed by atoms with van der Waals surface area (Å²) in [5, 5.41) is 0.953. The van der Waals surface area contributed by atoms with E-state index in [1.54, 1.807) is 24.4 Å². The van der Waals surface area contributed by atoms with Crippen LogP contribution in [0.15, 0.2) is 42.6 Å². The zero-order valence-electron chi connectivity index (χ0n) is 11.3. The van der Waals surface area contributed by atoms with Crippen LogP contribution in [0.4, 0.5) is 0 Å². The molecule has 2 aromatic rings. The number of carbonyl (C=O) groups is 1. The molecular formula is C16H14Cl2N2O. The van der Waals surface area contributed by atoms with Gasteiger partial charge in [-0.3, -0.25) is 9.78 Å². The molecule has 1 aliphatic rings. The first kappa shape index (κ1) is 14.4. The van der Waals surface area contributed by atoms with E-state index in [-0.39, 0.29) is 11.8 Å². The Morgan fingerprint density at radius 3 is 2.86 bits per heavy atom. The van der Waals surface area contributed by atoms with Gasteiger partial charge in [-0.15, -0.1) is 0 Å². The van der Waals surface area contributed by atoms with Gasteiger partial charge in [-0.1, -0.05) is 29.3 Å². The Morgan fingerprint density at radius 1 is 1.24 bits per heavy atom. The Balaban J connectivity index is 1.77. The third-order valence-corrected chi connectivity index (χ3v) is 4.31. The smallest absolute Gasteiger partial charge is 0.255 e. The van der Waals surface area contributed by atoms with Crippen LogP contribution in [-0.2, 0) is 0 Å². The zero-order valence-corrected chi connectivity index (χ0v) is 12.8. The Morgan fingerprint density at radius 2 is 2.10 bits per heavy atom. The van der Waals surface area contributed by atoms with Crippen molar-refractivity contribution in [2.45, 2.75) is 12.3 Å². The summed E-state index contributed by atoms with van der Waals surface area (Å²) in [6, 6.07) is 10.8. The van der Waals surface area contributed by atoms with Gasteiger partial charge < -0.3 is 4.90 Å². The molecule has 0 unspecified atom stereocenters. The molecule has 1 fully saturated rings. The maximum absolute atomic E-state index is 12.6. The molecule has 1 aromatic heterocycles. The van der Waals surface area contributed by atoms with E-state index in [0.29, 0.717) is 28.7 Å². The fraction of sp³-hybridized carbons (Fsp3) is 0.250. The Kier molecular flexibility index (Phi) is 4.13. The third-order valence-electron chi connectivity index (χ3n) is 3.74. The number of hydrogen-bond acceptors (Lipinski definition) is 2. The molecule has 1 saturated heterocycles. The second kappa shape index (κ2) is 6.04. The molecular weight excluding hydrogens is 307 g/mol. The van der Waals surface area contributed by atoms with Crippen molar-refractivity contribution >= 4 is 29.1 Å². The van der Waals surface area contributed by atoms with Crippen molar-refractivity contribution in [3.8, 4) is 0 Å². The van der Waals surface area contributed by atoms with Gasteiger partial charge in [0.2, 0.25) is 0 Å². The van der Waals surface area contributed by atoms with E-state index < -0.39 is 0 Å². The summed E-state index contributed by atoms with van der Waals surface area (Å²) in [6.45, 7) is 1.38. The molecule has 3 rings (SSSR count). The van der Waals surface area contributed by atoms with Gasteiger partial charge in [-0.2, -0.15) is 0 Å². The van der Waals surface area contributed by atoms with Crippen LogP contribution in [0.3, 0.4) is 0 Å². The zero-order chi connectivity index (χ0) is 14.8. The van der Waals surface area contributed by atoms with Gasteiger partial charge in [0.25, 0.3) is 5.91 Å². The molecule has 5 heteroatoms. The van der Waals surface area contributed by atoms with Crippen LogP contribution in [0.5, 0.6) is 0 Å². The maximum Gasteiger partial charge on any atom is 0.255 e. The number of likely N-dealkylation sites (tertiary alicyclic amines) is 1. The molecule has 1 amide bonds. The van der Waals surface area contributed by atoms with Gasteiger partial charge >= 0.3 is 0 Å². The van der Waals surface area contributed by atoms with Crippen molar-refractivity contribution in [2.24, 2.45) is 0 Å². The lowest BCUT2D eigenvalue weighted by Gasteiger charge is -2.17. The van der Waals surface area contributed by atoms with Gasteiger partial charge in [0.05, 0.1) is 10.6 Å². The molecule has 0 spiro atoms. The summed E-state index contributed by atoms with van der Waals surface area (Å²) >= 11 is 12.1. The second-order valence-corrected chi connectivity index (χ2v) is 5.96. The number of aromatic nitrogens is 1. The van der Waals surface area contributed by atoms with Gasteiger partial charge in [-0.25, -0.2) is 0 Å². The predicted molar refractivity (Wildman–Crippen MR) is 84.0 cm³/mol. The number of amides is 1. The van der Waals surface area contributed by atoms with E-state index in [4.69, 9.17) is 23.2 Å². The molecule has 1 aromatic carbocycles. The maximum atomic E-state index is 12.6. The Labute approximate surface area is 133 Å². The molecule has 0 bridgehead atoms. The summed E-state index contributed by atoms with van der Waals surface area (Å²) in [5.74, 6) is 0.217. The van der Waals surface area contributed by atoms with Crippen LogP contribution in [0.25, 0.3) is 0 Å². The highest BCUT2D eigenvalue weighted by molar-refractivity contribution is 6.35. The van der Waals surface area contributed by atoms with E-state index in [2.05, 4.69) is 4.98 Å². The van der Waals surface area contributed by atoms with E-state index in [9.17, 15) is 4.79 Å². The molecule has 21 heavy (non-hydrogen) atoms. The second-order valence-electron chi connectivity index (χ2n) is 5.12. The molecule has 3 nitrogen and oxygen atoms in total. The minimum absolute atomic E-state index is 0.0686. The number of hydrogen-bond donors (Lipinski definition) is 0. The van der Waals surface area contributed by atoms with Crippen LogP contribution in [-0.4, -0.2) is 28.9 Å². The van der Waals surface area contributed by atoms with Crippen molar-refractivity contribution in [2.75, 3.05) is 13.1 Å². The van der Waals surface area contributed by atoms with Crippen LogP contribution in [0.2, 0.25) is 10.0 Å². The van der Waals surface area contributed by atoms with E-state index in [1.807, 2.05) is 23.1 Å². The van der Waals surface area contributed by atoms with E-state index in [1.165, 1.54) is 0 Å². The predicted octanol–water partition coefficient (Wildman–Crippen LogP) is 4.02. The number of nitrogens with zero attached hydrogens (tertiary/aromatic N) is 2. The molecule has 2 heterocycles. The van der Waals surface area contributed by atoms with Crippen molar-refractivity contribution < 1.29 is 4.79 Å². The van der Waals surface area contributed by atoms with Crippen molar-refractivity contribution in [3.63, 3.8) is 0 Å². The largest absolute Gasteiger partial charge is 0.338 e. The molecule has 0 radical (unpaired) electrons. The lowest BCUT2D eigenvalue weighted by atomic mass is 10.0. The summed E-state index contributed by atoms with van der Waals surface area (Å²) < 4.78 is 0. The summed E-state index contributed by atoms with van der Waals surface area (Å²) in [6.07, 6.45) is 2.70. The van der Waals surface area contributed by atoms with Crippen molar-refractivity contribution in [3.05, 3.63) is 63.9 Å². The highest BCUT2D eigenvalue weighted by Gasteiger charge is 2.29. The third kappa shape index (κ3) is 3.04. The normalized spacial score (nSPS) is 18.0. The van der Waals surface area contributed by atoms with Gasteiger partial charge in [0.1, 0.15) is 0 Å². The Bertz CT molecular complexity index is 661. The summed E-state index contributed by atoms with van der Waals surface area (Å²) in [7, 11) is 0. The number of halogens is 2. The van der Waals surface area contributed by atoms with E-state index >= 15 is 0 Å². The molecule has 0 saturated carbocycles. The summed E-state index contributed by atoms with van der Waals surface area (Å²) in [4.78, 5) is 18.7. The first-order valence-electron chi connectivity index (χ1n) is 6.80. The standard InChI is InChI=1S/C16H14Cl2N2O/c17-12-4-5-14(18)13(9-12)16(21)20-8-6-11(10-20)15-3-1-2-7-19-15/h1-5,7,9,11H,6,8,10H2/t11-/m1/s1. The number of pyridine rings is 1. The minimum atomic E-state index is -0.0686. The summed E-state index contributed by atoms with van der Waals surface area (Å²) in [5.41, 5.74) is 1.50. The van der Waals surface area contributed by atoms with Crippen LogP contribution in [0, 0.1) is 0 Å². The molecule has 108 valence electrons. The average molecular weight is 321 g/mol. The highest BCUT2D eigenvalue weighted by Crippen LogP contribution is 2.29. The SMILES string of the molecule is O=C(c1cc(Cl)ccc1Cl)N1CC[C@@H](c2ccccn2)C1. The first-order valence-corrected chi connectivity index (χ1v) is 7.56. The number of rotatable bonds is 2. The lowest BCUT2D eigenvalue weighted by Crippen LogP contribution is -2.28. The van der Waals surface area contributed by atoms with Crippen LogP contribution < -0.4 is 0 Å². The van der Waals surface area contributed by atoms with Crippen molar-refractivity contribution in [1.29, 1.82) is 0 Å². The minimum Gasteiger partial charge on any atom is -0.338 e. The Hall–Kier alpha value is -1.58. The molecule has 1 atom stereocenters. The van der Waals surface area contributed by atoms with Gasteiger partial charge in [-0.05, 0) is 36.8 Å². The van der Waals surface area contributed by atoms with Gasteiger partial charge in [0.15, 0.2) is 0 Å². The van der Waals surface area contributed by atoms with Gasteiger partial charge in [0, 0.05) is 35.9 Å². The lowest BCUT2D eigenvalue weighted by molar-refractivity contribution is 0.0791. The quantitative estimate of drug-likeness (QED) is 0.837. The first-order chi connectivity index (χ1) is 10.1.